The molecule has 0 bridgehead atoms. The maximum atomic E-state index is 12.6. The van der Waals surface area contributed by atoms with E-state index in [1.54, 1.807) is 0 Å². The molecule has 0 aromatic heterocycles. The molecule has 13 nitrogen and oxygen atoms in total. The molecule has 3 saturated carbocycles. The van der Waals surface area contributed by atoms with Gasteiger partial charge in [-0.3, -0.25) is 19.2 Å². The number of nitrogens with zero attached hydrogens (tertiary/aromatic N) is 4. The molecule has 0 radical (unpaired) electrons. The standard InChI is InChI=1S/C16H30N2O.C15H28N2O2.2C15H28N2O/c1-13-8-7-11-15(17-2)16(19)18(13)12-14-9-5-3-4-6-10-14;1-12-7-6-9-14(16-2)15(18)17(12)11-13-8-4-3-5-10-19-13;2*1-12-7-6-10-14(16-2)15(18)17(12)11-13-8-4-3-5-9-13/h13-15,17H,3-12H2,1-2H3;12-14,16H,3-11H2,1-2H3;2*12-14,16H,3-11H2,1-2H3. The van der Waals surface area contributed by atoms with Crippen molar-refractivity contribution < 1.29 is 23.9 Å². The Morgan fingerprint density at radius 3 is 0.878 bits per heavy atom. The largest absolute Gasteiger partial charge is 0.376 e. The molecule has 9 unspecified atom stereocenters. The summed E-state index contributed by atoms with van der Waals surface area (Å²) in [6, 6.07) is 1.78. The van der Waals surface area contributed by atoms with E-state index in [2.05, 4.69) is 68.6 Å². The first-order chi connectivity index (χ1) is 35.9. The first-order valence-electron chi connectivity index (χ1n) is 31.4. The Balaban J connectivity index is 0.000000183. The van der Waals surface area contributed by atoms with Gasteiger partial charge in [0.05, 0.1) is 30.3 Å². The summed E-state index contributed by atoms with van der Waals surface area (Å²) in [5.74, 6) is 3.53. The minimum absolute atomic E-state index is 0.00396. The predicted molar refractivity (Wildman–Crippen MR) is 304 cm³/mol. The van der Waals surface area contributed by atoms with Crippen LogP contribution < -0.4 is 21.3 Å². The Labute approximate surface area is 453 Å². The fourth-order valence-corrected chi connectivity index (χ4v) is 13.9. The number of likely N-dealkylation sites (tertiary alicyclic amines) is 4. The summed E-state index contributed by atoms with van der Waals surface area (Å²) in [6.07, 6.45) is 39.8. The third-order valence-corrected chi connectivity index (χ3v) is 19.0. The summed E-state index contributed by atoms with van der Waals surface area (Å²) in [4.78, 5) is 58.8. The zero-order valence-electron chi connectivity index (χ0n) is 48.9. The van der Waals surface area contributed by atoms with Gasteiger partial charge >= 0.3 is 0 Å². The number of likely N-dealkylation sites (N-methyl/N-ethyl adjacent to an activating group) is 4. The van der Waals surface area contributed by atoms with Crippen LogP contribution >= 0.6 is 0 Å². The van der Waals surface area contributed by atoms with Crippen LogP contribution in [0.4, 0.5) is 0 Å². The Morgan fingerprint density at radius 2 is 0.581 bits per heavy atom. The van der Waals surface area contributed by atoms with Crippen molar-refractivity contribution in [2.75, 3.05) is 61.0 Å². The average Bonchev–Trinajstić information content (AvgIpc) is 4.01. The highest BCUT2D eigenvalue weighted by Crippen LogP contribution is 2.31. The van der Waals surface area contributed by atoms with Crippen LogP contribution in [0.25, 0.3) is 0 Å². The summed E-state index contributed by atoms with van der Waals surface area (Å²) >= 11 is 0. The number of rotatable bonds is 12. The fourth-order valence-electron chi connectivity index (χ4n) is 13.9. The summed E-state index contributed by atoms with van der Waals surface area (Å²) < 4.78 is 5.90. The van der Waals surface area contributed by atoms with Gasteiger partial charge in [-0.25, -0.2) is 0 Å². The quantitative estimate of drug-likeness (QED) is 0.141. The van der Waals surface area contributed by atoms with Crippen molar-refractivity contribution in [3.8, 4) is 0 Å². The number of ether oxygens (including phenoxy) is 1. The van der Waals surface area contributed by atoms with Crippen LogP contribution in [0.3, 0.4) is 0 Å². The maximum absolute atomic E-state index is 12.6. The molecule has 0 spiro atoms. The smallest absolute Gasteiger partial charge is 0.240 e. The van der Waals surface area contributed by atoms with Crippen LogP contribution in [0, 0.1) is 17.8 Å². The minimum atomic E-state index is -0.00396. The van der Waals surface area contributed by atoms with Crippen molar-refractivity contribution in [3.05, 3.63) is 0 Å². The molecule has 9 atom stereocenters. The molecule has 74 heavy (non-hydrogen) atoms. The Hall–Kier alpha value is -2.32. The zero-order valence-corrected chi connectivity index (χ0v) is 48.9. The molecule has 13 heteroatoms. The van der Waals surface area contributed by atoms with E-state index in [0.717, 1.165) is 115 Å². The first kappa shape index (κ1) is 62.5. The van der Waals surface area contributed by atoms with Crippen LogP contribution in [-0.2, 0) is 23.9 Å². The lowest BCUT2D eigenvalue weighted by Crippen LogP contribution is -2.49. The average molecular weight is 1040 g/mol. The van der Waals surface area contributed by atoms with E-state index in [1.165, 1.54) is 141 Å². The molecular weight excluding hydrogens is 925 g/mol. The molecule has 5 saturated heterocycles. The second kappa shape index (κ2) is 34.5. The summed E-state index contributed by atoms with van der Waals surface area (Å²) in [5, 5.41) is 12.7. The van der Waals surface area contributed by atoms with E-state index in [1.807, 2.05) is 28.2 Å². The number of nitrogens with one attached hydrogen (secondary N) is 4. The Morgan fingerprint density at radius 1 is 0.324 bits per heavy atom. The van der Waals surface area contributed by atoms with Gasteiger partial charge in [-0.15, -0.1) is 0 Å². The number of carbonyl (C=O) groups is 4. The lowest BCUT2D eigenvalue weighted by Gasteiger charge is -2.34. The van der Waals surface area contributed by atoms with Gasteiger partial charge in [0.1, 0.15) is 0 Å². The van der Waals surface area contributed by atoms with Crippen LogP contribution in [0.5, 0.6) is 0 Å². The molecule has 5 aliphatic heterocycles. The van der Waals surface area contributed by atoms with Crippen molar-refractivity contribution in [1.29, 1.82) is 0 Å². The highest BCUT2D eigenvalue weighted by Gasteiger charge is 2.36. The second-order valence-electron chi connectivity index (χ2n) is 24.7. The van der Waals surface area contributed by atoms with E-state index in [9.17, 15) is 19.2 Å². The van der Waals surface area contributed by atoms with Crippen molar-refractivity contribution in [3.63, 3.8) is 0 Å². The molecule has 4 N–H and O–H groups in total. The van der Waals surface area contributed by atoms with Crippen LogP contribution in [0.2, 0.25) is 0 Å². The summed E-state index contributed by atoms with van der Waals surface area (Å²) in [5.41, 5.74) is 0. The summed E-state index contributed by atoms with van der Waals surface area (Å²) in [6.45, 7) is 13.5. The van der Waals surface area contributed by atoms with Gasteiger partial charge < -0.3 is 45.6 Å². The molecule has 4 amide bonds. The third kappa shape index (κ3) is 20.2. The van der Waals surface area contributed by atoms with E-state index in [0.29, 0.717) is 41.9 Å². The Bertz CT molecular complexity index is 1460. The van der Waals surface area contributed by atoms with Crippen molar-refractivity contribution >= 4 is 23.6 Å². The van der Waals surface area contributed by atoms with Crippen LogP contribution in [0.1, 0.15) is 233 Å². The monoisotopic (exact) mass is 1040 g/mol. The topological polar surface area (TPSA) is 139 Å². The summed E-state index contributed by atoms with van der Waals surface area (Å²) in [7, 11) is 7.63. The molecule has 3 aliphatic carbocycles. The van der Waals surface area contributed by atoms with Crippen LogP contribution in [-0.4, -0.2) is 159 Å². The van der Waals surface area contributed by atoms with Gasteiger partial charge in [0.25, 0.3) is 0 Å². The zero-order chi connectivity index (χ0) is 53.2. The van der Waals surface area contributed by atoms with Gasteiger partial charge in [0, 0.05) is 57.0 Å². The fraction of sp³-hybridized carbons (Fsp3) is 0.934. The minimum Gasteiger partial charge on any atom is -0.376 e. The van der Waals surface area contributed by atoms with E-state index >= 15 is 0 Å². The second-order valence-corrected chi connectivity index (χ2v) is 24.7. The van der Waals surface area contributed by atoms with Crippen molar-refractivity contribution in [2.45, 2.75) is 288 Å². The van der Waals surface area contributed by atoms with Gasteiger partial charge in [0.2, 0.25) is 23.6 Å². The lowest BCUT2D eigenvalue weighted by molar-refractivity contribution is -0.137. The lowest BCUT2D eigenvalue weighted by atomic mass is 9.88. The van der Waals surface area contributed by atoms with E-state index < -0.39 is 0 Å². The highest BCUT2D eigenvalue weighted by molar-refractivity contribution is 5.84. The third-order valence-electron chi connectivity index (χ3n) is 19.0. The normalized spacial score (nSPS) is 32.0. The highest BCUT2D eigenvalue weighted by atomic mass is 16.5. The predicted octanol–water partition coefficient (Wildman–Crippen LogP) is 9.99. The molecule has 8 fully saturated rings. The number of hydrogen-bond acceptors (Lipinski definition) is 9. The molecule has 8 rings (SSSR count). The SMILES string of the molecule is CNC1CCCC(C)N(CC2CCCCC2)C1=O.CNC1CCCC(C)N(CC2CCCCC2)C1=O.CNC1CCCC(C)N(CC2CCCCCC2)C1=O.CNC1CCCC(C)N(CC2CCCCCO2)C1=O. The number of carbonyl (C=O) groups excluding carboxylic acids is 4. The van der Waals surface area contributed by atoms with Gasteiger partial charge in [0.15, 0.2) is 0 Å². The number of amides is 4. The molecule has 0 aromatic carbocycles. The molecule has 428 valence electrons. The molecule has 0 aromatic rings. The van der Waals surface area contributed by atoms with Crippen molar-refractivity contribution in [1.82, 2.24) is 40.9 Å². The molecule has 8 aliphatic rings. The van der Waals surface area contributed by atoms with Crippen molar-refractivity contribution in [2.24, 2.45) is 17.8 Å². The van der Waals surface area contributed by atoms with Gasteiger partial charge in [-0.1, -0.05) is 77.0 Å². The Kier molecular flexibility index (Phi) is 29.2. The van der Waals surface area contributed by atoms with E-state index in [-0.39, 0.29) is 36.2 Å². The maximum Gasteiger partial charge on any atom is 0.240 e. The first-order valence-corrected chi connectivity index (χ1v) is 31.4. The van der Waals surface area contributed by atoms with Gasteiger partial charge in [-0.05, 0) is 202 Å². The number of hydrogen-bond donors (Lipinski definition) is 4. The van der Waals surface area contributed by atoms with Gasteiger partial charge in [-0.2, -0.15) is 0 Å². The van der Waals surface area contributed by atoms with E-state index in [4.69, 9.17) is 4.74 Å². The van der Waals surface area contributed by atoms with Crippen LogP contribution in [0.15, 0.2) is 0 Å². The molecule has 5 heterocycles. The molecular formula is C61H114N8O5.